The van der Waals surface area contributed by atoms with Crippen LogP contribution >= 0.6 is 0 Å². The predicted molar refractivity (Wildman–Crippen MR) is 82.7 cm³/mol. The highest BCUT2D eigenvalue weighted by Gasteiger charge is 2.51. The standard InChI is InChI=1S/C16H32N2O2/c1-6-10-17-16(14-7-8-14,15(19)20-5)12-18(4)11-9-13(2)3/h13-14,17H,6-12H2,1-5H3. The van der Waals surface area contributed by atoms with Gasteiger partial charge in [-0.1, -0.05) is 20.8 Å². The first-order chi connectivity index (χ1) is 9.46. The molecule has 1 unspecified atom stereocenters. The van der Waals surface area contributed by atoms with Gasteiger partial charge in [0.15, 0.2) is 0 Å². The first-order valence-electron chi connectivity index (χ1n) is 7.98. The molecule has 1 aliphatic rings. The fourth-order valence-corrected chi connectivity index (χ4v) is 2.72. The zero-order valence-electron chi connectivity index (χ0n) is 13.9. The zero-order chi connectivity index (χ0) is 15.2. The number of ether oxygens (including phenoxy) is 1. The largest absolute Gasteiger partial charge is 0.468 e. The van der Waals surface area contributed by atoms with Crippen molar-refractivity contribution in [2.75, 3.05) is 33.8 Å². The third-order valence-electron chi connectivity index (χ3n) is 4.12. The van der Waals surface area contributed by atoms with Gasteiger partial charge in [0.05, 0.1) is 7.11 Å². The molecule has 118 valence electrons. The van der Waals surface area contributed by atoms with Gasteiger partial charge < -0.3 is 15.0 Å². The predicted octanol–water partition coefficient (Wildman–Crippen LogP) is 2.29. The molecule has 0 heterocycles. The van der Waals surface area contributed by atoms with Crippen molar-refractivity contribution in [3.05, 3.63) is 0 Å². The van der Waals surface area contributed by atoms with E-state index in [1.165, 1.54) is 7.11 Å². The van der Waals surface area contributed by atoms with Crippen molar-refractivity contribution in [1.29, 1.82) is 0 Å². The van der Waals surface area contributed by atoms with Crippen LogP contribution in [-0.2, 0) is 9.53 Å². The monoisotopic (exact) mass is 284 g/mol. The van der Waals surface area contributed by atoms with Crippen LogP contribution in [0.3, 0.4) is 0 Å². The lowest BCUT2D eigenvalue weighted by Gasteiger charge is -2.36. The molecule has 20 heavy (non-hydrogen) atoms. The number of carbonyl (C=O) groups is 1. The Morgan fingerprint density at radius 2 is 2.10 bits per heavy atom. The van der Waals surface area contributed by atoms with Gasteiger partial charge in [-0.2, -0.15) is 0 Å². The molecule has 4 nitrogen and oxygen atoms in total. The van der Waals surface area contributed by atoms with E-state index in [-0.39, 0.29) is 5.97 Å². The highest BCUT2D eigenvalue weighted by Crippen LogP contribution is 2.41. The molecular weight excluding hydrogens is 252 g/mol. The van der Waals surface area contributed by atoms with Crippen molar-refractivity contribution in [2.45, 2.75) is 52.0 Å². The number of methoxy groups -OCH3 is 1. The van der Waals surface area contributed by atoms with Crippen molar-refractivity contribution in [1.82, 2.24) is 10.2 Å². The minimum Gasteiger partial charge on any atom is -0.468 e. The molecule has 4 heteroatoms. The Balaban J connectivity index is 2.72. The van der Waals surface area contributed by atoms with E-state index in [0.717, 1.165) is 45.3 Å². The maximum absolute atomic E-state index is 12.4. The average molecular weight is 284 g/mol. The maximum atomic E-state index is 12.4. The Hall–Kier alpha value is -0.610. The van der Waals surface area contributed by atoms with Gasteiger partial charge in [0.25, 0.3) is 0 Å². The number of likely N-dealkylation sites (N-methyl/N-ethyl adjacent to an activating group) is 1. The Morgan fingerprint density at radius 1 is 1.45 bits per heavy atom. The summed E-state index contributed by atoms with van der Waals surface area (Å²) in [4.78, 5) is 14.7. The Kier molecular flexibility index (Phi) is 6.96. The number of esters is 1. The van der Waals surface area contributed by atoms with Crippen LogP contribution in [-0.4, -0.2) is 50.2 Å². The Bertz CT molecular complexity index is 303. The van der Waals surface area contributed by atoms with Crippen LogP contribution in [0.4, 0.5) is 0 Å². The minimum atomic E-state index is -0.503. The molecule has 0 radical (unpaired) electrons. The van der Waals surface area contributed by atoms with Gasteiger partial charge in [-0.25, -0.2) is 4.79 Å². The molecule has 0 aromatic rings. The second-order valence-electron chi connectivity index (χ2n) is 6.58. The lowest BCUT2D eigenvalue weighted by Crippen LogP contribution is -2.61. The van der Waals surface area contributed by atoms with E-state index >= 15 is 0 Å². The van der Waals surface area contributed by atoms with E-state index in [2.05, 4.69) is 38.0 Å². The smallest absolute Gasteiger partial charge is 0.327 e. The molecule has 0 saturated heterocycles. The molecule has 1 atom stereocenters. The summed E-state index contributed by atoms with van der Waals surface area (Å²) in [6, 6.07) is 0. The summed E-state index contributed by atoms with van der Waals surface area (Å²) in [5.41, 5.74) is -0.503. The number of rotatable bonds is 10. The van der Waals surface area contributed by atoms with Gasteiger partial charge in [-0.05, 0) is 57.7 Å². The number of carbonyl (C=O) groups excluding carboxylic acids is 1. The molecule has 0 aliphatic heterocycles. The Labute approximate surface area is 124 Å². The summed E-state index contributed by atoms with van der Waals surface area (Å²) >= 11 is 0. The normalized spacial score (nSPS) is 18.4. The molecule has 0 spiro atoms. The fourth-order valence-electron chi connectivity index (χ4n) is 2.72. The van der Waals surface area contributed by atoms with E-state index in [0.29, 0.717) is 11.8 Å². The van der Waals surface area contributed by atoms with Crippen LogP contribution in [0.2, 0.25) is 0 Å². The molecule has 1 aliphatic carbocycles. The van der Waals surface area contributed by atoms with Crippen LogP contribution in [0.1, 0.15) is 46.5 Å². The van der Waals surface area contributed by atoms with E-state index in [1.54, 1.807) is 0 Å². The minimum absolute atomic E-state index is 0.0927. The van der Waals surface area contributed by atoms with Crippen LogP contribution in [0.5, 0.6) is 0 Å². The van der Waals surface area contributed by atoms with E-state index < -0.39 is 5.54 Å². The average Bonchev–Trinajstić information content (AvgIpc) is 3.25. The molecule has 1 rings (SSSR count). The summed E-state index contributed by atoms with van der Waals surface area (Å²) < 4.78 is 5.11. The highest BCUT2D eigenvalue weighted by atomic mass is 16.5. The maximum Gasteiger partial charge on any atom is 0.327 e. The second-order valence-corrected chi connectivity index (χ2v) is 6.58. The Morgan fingerprint density at radius 3 is 2.55 bits per heavy atom. The van der Waals surface area contributed by atoms with Crippen molar-refractivity contribution in [3.63, 3.8) is 0 Å². The summed E-state index contributed by atoms with van der Waals surface area (Å²) in [7, 11) is 3.61. The molecule has 1 fully saturated rings. The van der Waals surface area contributed by atoms with Crippen molar-refractivity contribution in [2.24, 2.45) is 11.8 Å². The lowest BCUT2D eigenvalue weighted by atomic mass is 9.91. The van der Waals surface area contributed by atoms with E-state index in [9.17, 15) is 4.79 Å². The molecule has 0 amide bonds. The van der Waals surface area contributed by atoms with Gasteiger partial charge in [0.2, 0.25) is 0 Å². The van der Waals surface area contributed by atoms with Crippen molar-refractivity contribution in [3.8, 4) is 0 Å². The van der Waals surface area contributed by atoms with E-state index in [1.807, 2.05) is 0 Å². The van der Waals surface area contributed by atoms with Gasteiger partial charge in [0.1, 0.15) is 5.54 Å². The molecule has 0 bridgehead atoms. The molecule has 0 aromatic heterocycles. The first kappa shape index (κ1) is 17.4. The van der Waals surface area contributed by atoms with Crippen LogP contribution in [0.25, 0.3) is 0 Å². The lowest BCUT2D eigenvalue weighted by molar-refractivity contribution is -0.150. The van der Waals surface area contributed by atoms with Gasteiger partial charge in [-0.3, -0.25) is 0 Å². The zero-order valence-corrected chi connectivity index (χ0v) is 13.9. The third-order valence-corrected chi connectivity index (χ3v) is 4.12. The summed E-state index contributed by atoms with van der Waals surface area (Å²) in [6.07, 6.45) is 4.45. The number of nitrogens with one attached hydrogen (secondary N) is 1. The van der Waals surface area contributed by atoms with E-state index in [4.69, 9.17) is 4.74 Å². The molecule has 1 saturated carbocycles. The highest BCUT2D eigenvalue weighted by molar-refractivity contribution is 5.82. The number of hydrogen-bond acceptors (Lipinski definition) is 4. The summed E-state index contributed by atoms with van der Waals surface area (Å²) in [5, 5.41) is 3.50. The topological polar surface area (TPSA) is 41.6 Å². The second kappa shape index (κ2) is 7.99. The number of nitrogens with zero attached hydrogens (tertiary/aromatic N) is 1. The third kappa shape index (κ3) is 4.74. The fraction of sp³-hybridized carbons (Fsp3) is 0.938. The van der Waals surface area contributed by atoms with Gasteiger partial charge in [0, 0.05) is 6.54 Å². The van der Waals surface area contributed by atoms with Crippen LogP contribution in [0, 0.1) is 11.8 Å². The quantitative estimate of drug-likeness (QED) is 0.625. The summed E-state index contributed by atoms with van der Waals surface area (Å²) in [5.74, 6) is 1.03. The van der Waals surface area contributed by atoms with Crippen molar-refractivity contribution >= 4 is 5.97 Å². The molecule has 1 N–H and O–H groups in total. The van der Waals surface area contributed by atoms with Crippen LogP contribution in [0.15, 0.2) is 0 Å². The van der Waals surface area contributed by atoms with Gasteiger partial charge in [-0.15, -0.1) is 0 Å². The molecule has 0 aromatic carbocycles. The SMILES string of the molecule is CCCNC(CN(C)CCC(C)C)(C(=O)OC)C1CC1. The van der Waals surface area contributed by atoms with Crippen LogP contribution < -0.4 is 5.32 Å². The first-order valence-corrected chi connectivity index (χ1v) is 7.98. The molecular formula is C16H32N2O2. The van der Waals surface area contributed by atoms with Gasteiger partial charge >= 0.3 is 5.97 Å². The van der Waals surface area contributed by atoms with Crippen molar-refractivity contribution < 1.29 is 9.53 Å². The number of hydrogen-bond donors (Lipinski definition) is 1. The summed E-state index contributed by atoms with van der Waals surface area (Å²) in [6.45, 7) is 9.23.